The number of carbonyl (C=O) groups excluding carboxylic acids is 2. The van der Waals surface area contributed by atoms with Crippen LogP contribution in [0, 0.1) is 17.2 Å². The first-order valence-electron chi connectivity index (χ1n) is 12.1. The number of hydrogen-bond acceptors (Lipinski definition) is 4. The Kier molecular flexibility index (Phi) is 7.23. The largest absolute Gasteiger partial charge is 0.383 e. The highest BCUT2D eigenvalue weighted by Crippen LogP contribution is 2.35. The van der Waals surface area contributed by atoms with Crippen molar-refractivity contribution in [1.82, 2.24) is 9.47 Å². The molecule has 0 spiro atoms. The van der Waals surface area contributed by atoms with Crippen LogP contribution >= 0.6 is 0 Å². The number of benzene rings is 2. The first kappa shape index (κ1) is 24.5. The van der Waals surface area contributed by atoms with E-state index in [-0.39, 0.29) is 17.7 Å². The molecule has 0 aliphatic carbocycles. The van der Waals surface area contributed by atoms with Crippen LogP contribution in [0.3, 0.4) is 0 Å². The fourth-order valence-electron chi connectivity index (χ4n) is 4.93. The van der Waals surface area contributed by atoms with Crippen LogP contribution in [-0.4, -0.2) is 45.6 Å². The molecule has 2 heterocycles. The predicted molar refractivity (Wildman–Crippen MR) is 136 cm³/mol. The molecule has 0 saturated carbocycles. The summed E-state index contributed by atoms with van der Waals surface area (Å²) in [5.74, 6) is 0.140. The summed E-state index contributed by atoms with van der Waals surface area (Å²) in [7, 11) is 2.01. The number of carbonyl (C=O) groups is 2. The molecule has 1 saturated heterocycles. The van der Waals surface area contributed by atoms with Crippen LogP contribution in [-0.2, 0) is 11.8 Å². The van der Waals surface area contributed by atoms with E-state index >= 15 is 0 Å². The third-order valence-electron chi connectivity index (χ3n) is 6.76. The van der Waals surface area contributed by atoms with Crippen molar-refractivity contribution in [2.75, 3.05) is 18.4 Å². The second kappa shape index (κ2) is 10.3. The Morgan fingerprint density at radius 2 is 1.91 bits per heavy atom. The van der Waals surface area contributed by atoms with Crippen LogP contribution in [0.15, 0.2) is 48.7 Å². The second-order valence-corrected chi connectivity index (χ2v) is 9.82. The number of nitrogens with one attached hydrogen (secondary N) is 1. The fraction of sp³-hybridized carbons (Fsp3) is 0.393. The molecule has 1 aliphatic heterocycles. The number of aromatic nitrogens is 1. The molecule has 0 bridgehead atoms. The first-order chi connectivity index (χ1) is 16.8. The maximum absolute atomic E-state index is 12.7. The van der Waals surface area contributed by atoms with Crippen molar-refractivity contribution in [3.8, 4) is 6.07 Å². The number of nitrogens with zero attached hydrogens (tertiary/aromatic N) is 3. The smallest absolute Gasteiger partial charge is 0.255 e. The Morgan fingerprint density at radius 3 is 2.60 bits per heavy atom. The summed E-state index contributed by atoms with van der Waals surface area (Å²) in [5, 5.41) is 23.4. The Morgan fingerprint density at radius 1 is 1.17 bits per heavy atom. The van der Waals surface area contributed by atoms with Gasteiger partial charge in [0, 0.05) is 48.5 Å². The van der Waals surface area contributed by atoms with E-state index < -0.39 is 6.10 Å². The van der Waals surface area contributed by atoms with E-state index in [1.54, 1.807) is 29.2 Å². The number of fused-ring (bicyclic) bond motifs is 1. The minimum atomic E-state index is -0.927. The lowest BCUT2D eigenvalue weighted by Crippen LogP contribution is -2.43. The van der Waals surface area contributed by atoms with Crippen LogP contribution in [0.2, 0.25) is 0 Å². The van der Waals surface area contributed by atoms with E-state index in [1.165, 1.54) is 5.56 Å². The second-order valence-electron chi connectivity index (χ2n) is 9.82. The van der Waals surface area contributed by atoms with Gasteiger partial charge in [0.2, 0.25) is 0 Å². The van der Waals surface area contributed by atoms with Crippen molar-refractivity contribution in [2.45, 2.75) is 45.1 Å². The number of aryl methyl sites for hydroxylation is 1. The molecule has 1 aromatic heterocycles. The molecule has 4 rings (SSSR count). The van der Waals surface area contributed by atoms with E-state index in [1.807, 2.05) is 39.1 Å². The number of aliphatic hydroxyl groups excluding tert-OH is 1. The Bertz CT molecular complexity index is 1280. The van der Waals surface area contributed by atoms with E-state index in [0.29, 0.717) is 42.2 Å². The Labute approximate surface area is 206 Å². The average Bonchev–Trinajstić information content (AvgIpc) is 3.18. The van der Waals surface area contributed by atoms with Crippen molar-refractivity contribution in [3.05, 3.63) is 65.4 Å². The number of likely N-dealkylation sites (tertiary alicyclic amines) is 1. The van der Waals surface area contributed by atoms with Gasteiger partial charge in [-0.3, -0.25) is 9.59 Å². The lowest BCUT2D eigenvalue weighted by molar-refractivity contribution is -0.142. The molecule has 1 fully saturated rings. The topological polar surface area (TPSA) is 98.4 Å². The predicted octanol–water partition coefficient (Wildman–Crippen LogP) is 4.42. The molecule has 2 N–H and O–H groups in total. The van der Waals surface area contributed by atoms with Gasteiger partial charge in [-0.2, -0.15) is 5.26 Å². The average molecular weight is 473 g/mol. The summed E-state index contributed by atoms with van der Waals surface area (Å²) in [6.45, 7) is 5.26. The Balaban J connectivity index is 1.49. The monoisotopic (exact) mass is 472 g/mol. The minimum absolute atomic E-state index is 0.166. The van der Waals surface area contributed by atoms with Crippen LogP contribution in [0.4, 0.5) is 5.69 Å². The number of anilines is 1. The lowest BCUT2D eigenvalue weighted by atomic mass is 9.88. The van der Waals surface area contributed by atoms with Crippen molar-refractivity contribution >= 4 is 28.4 Å². The van der Waals surface area contributed by atoms with Crippen LogP contribution < -0.4 is 5.32 Å². The highest BCUT2D eigenvalue weighted by atomic mass is 16.3. The number of hydrogen-bond donors (Lipinski definition) is 2. The molecule has 2 amide bonds. The minimum Gasteiger partial charge on any atom is -0.383 e. The van der Waals surface area contributed by atoms with Gasteiger partial charge in [-0.15, -0.1) is 0 Å². The highest BCUT2D eigenvalue weighted by Gasteiger charge is 2.29. The molecule has 1 aliphatic rings. The summed E-state index contributed by atoms with van der Waals surface area (Å²) in [6, 6.07) is 14.6. The number of aliphatic hydroxyl groups is 1. The van der Waals surface area contributed by atoms with Gasteiger partial charge in [-0.05, 0) is 73.1 Å². The zero-order valence-electron chi connectivity index (χ0n) is 20.5. The van der Waals surface area contributed by atoms with Gasteiger partial charge < -0.3 is 19.9 Å². The van der Waals surface area contributed by atoms with E-state index in [2.05, 4.69) is 22.1 Å². The van der Waals surface area contributed by atoms with Crippen molar-refractivity contribution in [2.24, 2.45) is 13.0 Å². The maximum Gasteiger partial charge on any atom is 0.255 e. The van der Waals surface area contributed by atoms with Crippen molar-refractivity contribution in [3.63, 3.8) is 0 Å². The number of piperidine rings is 1. The zero-order valence-corrected chi connectivity index (χ0v) is 20.5. The van der Waals surface area contributed by atoms with E-state index in [4.69, 9.17) is 5.26 Å². The molecular formula is C28H32N4O3. The van der Waals surface area contributed by atoms with E-state index in [0.717, 1.165) is 23.7 Å². The molecule has 2 aromatic carbocycles. The van der Waals surface area contributed by atoms with Crippen LogP contribution in [0.25, 0.3) is 10.9 Å². The summed E-state index contributed by atoms with van der Waals surface area (Å²) in [4.78, 5) is 27.1. The van der Waals surface area contributed by atoms with E-state index in [9.17, 15) is 14.7 Å². The molecule has 0 radical (unpaired) electrons. The van der Waals surface area contributed by atoms with Crippen LogP contribution in [0.1, 0.15) is 60.5 Å². The van der Waals surface area contributed by atoms with Crippen molar-refractivity contribution < 1.29 is 14.7 Å². The SMILES string of the molecule is CC(C)C[C@H](O)C(=O)N1CCC(c2cn(C)c3ccc(NC(=O)c4cccc(C#N)c4)cc23)CC1. The van der Waals surface area contributed by atoms with Gasteiger partial charge >= 0.3 is 0 Å². The summed E-state index contributed by atoms with van der Waals surface area (Å²) < 4.78 is 2.09. The third kappa shape index (κ3) is 5.39. The molecule has 0 unspecified atom stereocenters. The quantitative estimate of drug-likeness (QED) is 0.555. The Hall–Kier alpha value is -3.63. The number of nitriles is 1. The maximum atomic E-state index is 12.7. The molecule has 182 valence electrons. The van der Waals surface area contributed by atoms with Gasteiger partial charge in [0.15, 0.2) is 0 Å². The molecule has 7 nitrogen and oxygen atoms in total. The fourth-order valence-corrected chi connectivity index (χ4v) is 4.93. The summed E-state index contributed by atoms with van der Waals surface area (Å²) >= 11 is 0. The van der Waals surface area contributed by atoms with Gasteiger partial charge in [0.05, 0.1) is 11.6 Å². The van der Waals surface area contributed by atoms with Gasteiger partial charge in [0.25, 0.3) is 11.8 Å². The molecule has 3 aromatic rings. The van der Waals surface area contributed by atoms with Crippen LogP contribution in [0.5, 0.6) is 0 Å². The lowest BCUT2D eigenvalue weighted by Gasteiger charge is -2.33. The molecule has 1 atom stereocenters. The summed E-state index contributed by atoms with van der Waals surface area (Å²) in [5.41, 5.74) is 3.87. The molecular weight excluding hydrogens is 440 g/mol. The normalized spacial score (nSPS) is 15.3. The number of amides is 2. The molecule has 35 heavy (non-hydrogen) atoms. The van der Waals surface area contributed by atoms with Gasteiger partial charge in [-0.25, -0.2) is 0 Å². The zero-order chi connectivity index (χ0) is 25.1. The van der Waals surface area contributed by atoms with Crippen molar-refractivity contribution in [1.29, 1.82) is 5.26 Å². The first-order valence-corrected chi connectivity index (χ1v) is 12.1. The van der Waals surface area contributed by atoms with Gasteiger partial charge in [0.1, 0.15) is 6.10 Å². The number of rotatable bonds is 6. The molecule has 7 heteroatoms. The standard InChI is InChI=1S/C28H32N4O3/c1-18(2)13-26(33)28(35)32-11-9-20(10-12-32)24-17-31(3)25-8-7-22(15-23(24)25)30-27(34)21-6-4-5-19(14-21)16-29/h4-8,14-15,17-18,20,26,33H,9-13H2,1-3H3,(H,30,34)/t26-/m0/s1. The summed E-state index contributed by atoms with van der Waals surface area (Å²) in [6.07, 6.45) is 3.36. The third-order valence-corrected chi connectivity index (χ3v) is 6.76. The van der Waals surface area contributed by atoms with Gasteiger partial charge in [-0.1, -0.05) is 19.9 Å². The highest BCUT2D eigenvalue weighted by molar-refractivity contribution is 6.05.